The molecule has 1 saturated heterocycles. The van der Waals surface area contributed by atoms with Gasteiger partial charge in [-0.15, -0.1) is 0 Å². The number of rotatable bonds is 7. The predicted molar refractivity (Wildman–Crippen MR) is 110 cm³/mol. The van der Waals surface area contributed by atoms with E-state index in [4.69, 9.17) is 4.74 Å². The van der Waals surface area contributed by atoms with Crippen molar-refractivity contribution < 1.29 is 14.6 Å². The van der Waals surface area contributed by atoms with Gasteiger partial charge in [-0.2, -0.15) is 0 Å². The molecule has 1 heterocycles. The lowest BCUT2D eigenvalue weighted by atomic mass is 9.96. The zero-order valence-corrected chi connectivity index (χ0v) is 18.1. The van der Waals surface area contributed by atoms with Gasteiger partial charge in [0.2, 0.25) is 0 Å². The summed E-state index contributed by atoms with van der Waals surface area (Å²) in [6.45, 7) is 16.6. The van der Waals surface area contributed by atoms with Crippen LogP contribution in [-0.2, 0) is 4.74 Å². The Morgan fingerprint density at radius 3 is 2.44 bits per heavy atom. The maximum absolute atomic E-state index is 12.3. The molecular formula is C20H40N4O3. The number of ether oxygens (including phenoxy) is 1. The molecule has 2 N–H and O–H groups in total. The molecule has 0 saturated carbocycles. The van der Waals surface area contributed by atoms with Gasteiger partial charge in [0.15, 0.2) is 5.96 Å². The molecule has 1 atom stereocenters. The fraction of sp³-hybridized carbons (Fsp3) is 0.900. The number of hydrogen-bond donors (Lipinski definition) is 2. The summed E-state index contributed by atoms with van der Waals surface area (Å²) in [5.41, 5.74) is -0.462. The fourth-order valence-corrected chi connectivity index (χ4v) is 3.02. The number of nitrogens with zero attached hydrogens (tertiary/aromatic N) is 3. The van der Waals surface area contributed by atoms with E-state index in [1.165, 1.54) is 0 Å². The summed E-state index contributed by atoms with van der Waals surface area (Å²) in [7, 11) is 0. The number of hydrogen-bond acceptors (Lipinski definition) is 4. The third-order valence-corrected chi connectivity index (χ3v) is 4.63. The molecule has 0 aromatic rings. The largest absolute Gasteiger partial charge is 0.444 e. The average molecular weight is 385 g/mol. The molecule has 0 aromatic carbocycles. The summed E-state index contributed by atoms with van der Waals surface area (Å²) < 4.78 is 5.52. The minimum atomic E-state index is -0.462. The van der Waals surface area contributed by atoms with Gasteiger partial charge in [-0.1, -0.05) is 6.92 Å². The number of aliphatic hydroxyl groups is 1. The molecule has 1 aliphatic rings. The van der Waals surface area contributed by atoms with Crippen LogP contribution in [0.1, 0.15) is 54.4 Å². The average Bonchev–Trinajstić information content (AvgIpc) is 2.61. The third kappa shape index (κ3) is 8.82. The molecule has 7 nitrogen and oxygen atoms in total. The minimum absolute atomic E-state index is 0.155. The smallest absolute Gasteiger partial charge is 0.410 e. The first-order valence-corrected chi connectivity index (χ1v) is 10.3. The van der Waals surface area contributed by atoms with Crippen molar-refractivity contribution in [1.29, 1.82) is 0 Å². The van der Waals surface area contributed by atoms with E-state index in [0.29, 0.717) is 19.0 Å². The molecule has 158 valence electrons. The van der Waals surface area contributed by atoms with Crippen molar-refractivity contribution in [3.8, 4) is 0 Å². The predicted octanol–water partition coefficient (Wildman–Crippen LogP) is 2.55. The molecular weight excluding hydrogens is 344 g/mol. The normalized spacial score (nSPS) is 17.6. The van der Waals surface area contributed by atoms with E-state index in [0.717, 1.165) is 45.0 Å². The number of aliphatic imine (C=N–C) groups is 1. The molecule has 0 aromatic heterocycles. The number of aliphatic hydroxyl groups excluding tert-OH is 1. The number of carbonyl (C=O) groups is 1. The molecule has 7 heteroatoms. The van der Waals surface area contributed by atoms with Crippen LogP contribution in [0.4, 0.5) is 4.79 Å². The summed E-state index contributed by atoms with van der Waals surface area (Å²) in [5.74, 6) is 1.58. The Morgan fingerprint density at radius 1 is 1.33 bits per heavy atom. The van der Waals surface area contributed by atoms with Gasteiger partial charge >= 0.3 is 6.09 Å². The number of likely N-dealkylation sites (tertiary alicyclic amines) is 1. The number of piperidine rings is 1. The summed E-state index contributed by atoms with van der Waals surface area (Å²) in [6, 6.07) is 0. The highest BCUT2D eigenvalue weighted by Gasteiger charge is 2.27. The van der Waals surface area contributed by atoms with Crippen molar-refractivity contribution >= 4 is 12.1 Å². The van der Waals surface area contributed by atoms with Crippen LogP contribution in [0.5, 0.6) is 0 Å². The van der Waals surface area contributed by atoms with Crippen LogP contribution < -0.4 is 5.32 Å². The van der Waals surface area contributed by atoms with Gasteiger partial charge in [0, 0.05) is 45.9 Å². The van der Waals surface area contributed by atoms with Crippen LogP contribution in [0.15, 0.2) is 4.99 Å². The first kappa shape index (κ1) is 23.5. The zero-order valence-electron chi connectivity index (χ0n) is 18.1. The van der Waals surface area contributed by atoms with Crippen LogP contribution in [0, 0.1) is 11.8 Å². The lowest BCUT2D eigenvalue weighted by Crippen LogP contribution is -2.48. The number of amides is 1. The van der Waals surface area contributed by atoms with E-state index >= 15 is 0 Å². The Bertz CT molecular complexity index is 468. The van der Waals surface area contributed by atoms with Crippen LogP contribution in [0.25, 0.3) is 0 Å². The van der Waals surface area contributed by atoms with Gasteiger partial charge in [-0.3, -0.25) is 4.99 Å². The van der Waals surface area contributed by atoms with Crippen molar-refractivity contribution in [3.63, 3.8) is 0 Å². The summed E-state index contributed by atoms with van der Waals surface area (Å²) in [4.78, 5) is 21.1. The van der Waals surface area contributed by atoms with Crippen LogP contribution in [-0.4, -0.2) is 78.4 Å². The fourth-order valence-electron chi connectivity index (χ4n) is 3.02. The molecule has 27 heavy (non-hydrogen) atoms. The van der Waals surface area contributed by atoms with Gasteiger partial charge in [-0.25, -0.2) is 4.79 Å². The SMILES string of the molecule is CCNC(=NCC(C)CO)N1CCC(CN(CC)C(=O)OC(C)(C)C)CC1. The van der Waals surface area contributed by atoms with Gasteiger partial charge in [0.1, 0.15) is 5.60 Å². The molecule has 0 bridgehead atoms. The van der Waals surface area contributed by atoms with E-state index in [1.54, 1.807) is 0 Å². The Labute approximate surface area is 165 Å². The van der Waals surface area contributed by atoms with Gasteiger partial charge < -0.3 is 25.0 Å². The molecule has 1 unspecified atom stereocenters. The van der Waals surface area contributed by atoms with Crippen LogP contribution in [0.2, 0.25) is 0 Å². The van der Waals surface area contributed by atoms with Crippen molar-refractivity contribution in [3.05, 3.63) is 0 Å². The monoisotopic (exact) mass is 384 g/mol. The third-order valence-electron chi connectivity index (χ3n) is 4.63. The van der Waals surface area contributed by atoms with E-state index < -0.39 is 5.60 Å². The first-order chi connectivity index (χ1) is 12.7. The van der Waals surface area contributed by atoms with E-state index in [1.807, 2.05) is 39.5 Å². The Kier molecular flexibility index (Phi) is 9.91. The molecule has 1 aliphatic heterocycles. The molecule has 1 rings (SSSR count). The molecule has 0 aliphatic carbocycles. The number of nitrogens with one attached hydrogen (secondary N) is 1. The van der Waals surface area contributed by atoms with Crippen LogP contribution >= 0.6 is 0 Å². The Hall–Kier alpha value is -1.50. The highest BCUT2D eigenvalue weighted by atomic mass is 16.6. The molecule has 1 fully saturated rings. The highest BCUT2D eigenvalue weighted by Crippen LogP contribution is 2.20. The van der Waals surface area contributed by atoms with Crippen molar-refractivity contribution in [2.45, 2.75) is 60.0 Å². The Morgan fingerprint density at radius 2 is 1.96 bits per heavy atom. The second-order valence-corrected chi connectivity index (χ2v) is 8.43. The minimum Gasteiger partial charge on any atom is -0.444 e. The van der Waals surface area contributed by atoms with Crippen LogP contribution in [0.3, 0.4) is 0 Å². The standard InChI is InChI=1S/C20H40N4O3/c1-7-21-18(22-13-16(3)15-25)24-11-9-17(10-12-24)14-23(8-2)19(26)27-20(4,5)6/h16-17,25H,7-15H2,1-6H3,(H,21,22). The summed E-state index contributed by atoms with van der Waals surface area (Å²) in [6.07, 6.45) is 1.83. The quantitative estimate of drug-likeness (QED) is 0.521. The van der Waals surface area contributed by atoms with E-state index in [2.05, 4.69) is 22.1 Å². The van der Waals surface area contributed by atoms with Gasteiger partial charge in [-0.05, 0) is 59.3 Å². The molecule has 0 spiro atoms. The van der Waals surface area contributed by atoms with Gasteiger partial charge in [0.05, 0.1) is 0 Å². The second kappa shape index (κ2) is 11.4. The van der Waals surface area contributed by atoms with Crippen molar-refractivity contribution in [1.82, 2.24) is 15.1 Å². The lowest BCUT2D eigenvalue weighted by Gasteiger charge is -2.36. The van der Waals surface area contributed by atoms with Crippen molar-refractivity contribution in [2.24, 2.45) is 16.8 Å². The highest BCUT2D eigenvalue weighted by molar-refractivity contribution is 5.80. The van der Waals surface area contributed by atoms with E-state index in [-0.39, 0.29) is 18.6 Å². The number of guanidine groups is 1. The molecule has 0 radical (unpaired) electrons. The topological polar surface area (TPSA) is 77.4 Å². The molecule has 1 amide bonds. The van der Waals surface area contributed by atoms with Gasteiger partial charge in [0.25, 0.3) is 0 Å². The lowest BCUT2D eigenvalue weighted by molar-refractivity contribution is 0.0214. The Balaban J connectivity index is 2.56. The second-order valence-electron chi connectivity index (χ2n) is 8.43. The summed E-state index contributed by atoms with van der Waals surface area (Å²) in [5, 5.41) is 12.6. The summed E-state index contributed by atoms with van der Waals surface area (Å²) >= 11 is 0. The van der Waals surface area contributed by atoms with E-state index in [9.17, 15) is 9.90 Å². The van der Waals surface area contributed by atoms with Crippen molar-refractivity contribution in [2.75, 3.05) is 45.9 Å². The number of carbonyl (C=O) groups excluding carboxylic acids is 1. The first-order valence-electron chi connectivity index (χ1n) is 10.3. The maximum atomic E-state index is 12.3. The zero-order chi connectivity index (χ0) is 20.4. The maximum Gasteiger partial charge on any atom is 0.410 e.